The second kappa shape index (κ2) is 7.56. The predicted molar refractivity (Wildman–Crippen MR) is 56.6 cm³/mol. The minimum absolute atomic E-state index is 0.696. The Hall–Kier alpha value is -0.840. The highest BCUT2D eigenvalue weighted by Crippen LogP contribution is 2.31. The van der Waals surface area contributed by atoms with Gasteiger partial charge in [-0.05, 0) is 0 Å². The largest absolute Gasteiger partial charge is 0.481 e. The SMILES string of the molecule is NP(=O)(O)O.N[C@H](CC(=O)O)C(=O)OP(N)(=O)O. The van der Waals surface area contributed by atoms with Gasteiger partial charge < -0.3 is 30.0 Å². The van der Waals surface area contributed by atoms with Crippen molar-refractivity contribution >= 4 is 27.4 Å². The molecule has 0 fully saturated rings. The zero-order valence-electron chi connectivity index (χ0n) is 8.74. The third kappa shape index (κ3) is 20.6. The maximum absolute atomic E-state index is 10.7. The average Bonchev–Trinajstić information content (AvgIpc) is 1.95. The number of hydrogen-bond acceptors (Lipinski definition) is 6. The van der Waals surface area contributed by atoms with Crippen molar-refractivity contribution in [3.63, 3.8) is 0 Å². The summed E-state index contributed by atoms with van der Waals surface area (Å²) in [5.41, 5.74) is 13.5. The van der Waals surface area contributed by atoms with E-state index in [1.165, 1.54) is 0 Å². The number of carbonyl (C=O) groups excluding carboxylic acids is 1. The van der Waals surface area contributed by atoms with Gasteiger partial charge in [0.2, 0.25) is 0 Å². The Labute approximate surface area is 101 Å². The molecule has 0 saturated heterocycles. The first-order chi connectivity index (χ1) is 7.72. The van der Waals surface area contributed by atoms with Crippen molar-refractivity contribution in [1.29, 1.82) is 0 Å². The molecule has 0 aliphatic rings. The lowest BCUT2D eigenvalue weighted by molar-refractivity contribution is -0.143. The fraction of sp³-hybridized carbons (Fsp3) is 0.500. The van der Waals surface area contributed by atoms with Crippen LogP contribution in [0, 0.1) is 0 Å². The third-order valence-electron chi connectivity index (χ3n) is 0.918. The molecule has 0 radical (unpaired) electrons. The summed E-state index contributed by atoms with van der Waals surface area (Å²) in [6, 6.07) is -1.50. The van der Waals surface area contributed by atoms with Gasteiger partial charge in [-0.2, -0.15) is 0 Å². The highest BCUT2D eigenvalue weighted by molar-refractivity contribution is 7.50. The molecular formula is C4H13N3O9P2. The lowest BCUT2D eigenvalue weighted by atomic mass is 10.2. The molecule has 0 spiro atoms. The van der Waals surface area contributed by atoms with Crippen LogP contribution >= 0.6 is 15.5 Å². The Balaban J connectivity index is 0. The van der Waals surface area contributed by atoms with Gasteiger partial charge in [-0.25, -0.2) is 24.9 Å². The Morgan fingerprint density at radius 2 is 1.50 bits per heavy atom. The summed E-state index contributed by atoms with van der Waals surface area (Å²) in [6.07, 6.45) is -0.696. The van der Waals surface area contributed by atoms with Gasteiger partial charge in [0.25, 0.3) is 0 Å². The van der Waals surface area contributed by atoms with Crippen molar-refractivity contribution in [2.45, 2.75) is 12.5 Å². The molecule has 0 aliphatic heterocycles. The van der Waals surface area contributed by atoms with Crippen LogP contribution in [0.15, 0.2) is 0 Å². The molecular weight excluding hydrogens is 296 g/mol. The minimum Gasteiger partial charge on any atom is -0.481 e. The van der Waals surface area contributed by atoms with Gasteiger partial charge >= 0.3 is 27.4 Å². The molecule has 0 saturated carbocycles. The van der Waals surface area contributed by atoms with Crippen LogP contribution in [0.25, 0.3) is 0 Å². The molecule has 0 aromatic carbocycles. The van der Waals surface area contributed by atoms with Gasteiger partial charge in [0.15, 0.2) is 0 Å². The zero-order chi connectivity index (χ0) is 15.1. The summed E-state index contributed by atoms with van der Waals surface area (Å²) < 4.78 is 23.2. The molecule has 2 atom stereocenters. The van der Waals surface area contributed by atoms with E-state index in [-0.39, 0.29) is 0 Å². The van der Waals surface area contributed by atoms with E-state index in [4.69, 9.17) is 30.1 Å². The van der Waals surface area contributed by atoms with E-state index in [9.17, 15) is 14.2 Å². The van der Waals surface area contributed by atoms with Crippen LogP contribution in [0.5, 0.6) is 0 Å². The molecule has 10 N–H and O–H groups in total. The van der Waals surface area contributed by atoms with E-state index < -0.39 is 39.9 Å². The Morgan fingerprint density at radius 3 is 1.72 bits per heavy atom. The summed E-state index contributed by atoms with van der Waals surface area (Å²) >= 11 is 0. The number of aliphatic carboxylic acids is 1. The minimum atomic E-state index is -4.44. The predicted octanol–water partition coefficient (Wildman–Crippen LogP) is -2.57. The summed E-state index contributed by atoms with van der Waals surface area (Å²) in [5.74, 6) is -2.65. The van der Waals surface area contributed by atoms with E-state index in [0.29, 0.717) is 0 Å². The molecule has 18 heavy (non-hydrogen) atoms. The van der Waals surface area contributed by atoms with E-state index in [1.807, 2.05) is 0 Å². The third-order valence-corrected chi connectivity index (χ3v) is 1.36. The summed E-state index contributed by atoms with van der Waals surface area (Å²) in [5, 5.41) is 8.18. The van der Waals surface area contributed by atoms with Gasteiger partial charge in [-0.3, -0.25) is 4.79 Å². The van der Waals surface area contributed by atoms with E-state index >= 15 is 0 Å². The molecule has 0 amide bonds. The monoisotopic (exact) mass is 309 g/mol. The summed E-state index contributed by atoms with van der Waals surface area (Å²) in [7, 11) is -8.58. The van der Waals surface area contributed by atoms with Crippen molar-refractivity contribution in [1.82, 2.24) is 0 Å². The molecule has 0 aromatic heterocycles. The summed E-state index contributed by atoms with van der Waals surface area (Å²) in [4.78, 5) is 43.9. The number of carboxylic acids is 1. The highest BCUT2D eigenvalue weighted by atomic mass is 31.2. The second-order valence-electron chi connectivity index (χ2n) is 2.77. The number of carboxylic acid groups (broad SMARTS) is 1. The number of hydrogen-bond donors (Lipinski definition) is 7. The fourth-order valence-corrected chi connectivity index (χ4v) is 0.861. The number of rotatable bonds is 4. The molecule has 0 aromatic rings. The van der Waals surface area contributed by atoms with Gasteiger partial charge in [0.1, 0.15) is 6.04 Å². The second-order valence-corrected chi connectivity index (χ2v) is 5.26. The van der Waals surface area contributed by atoms with Gasteiger partial charge in [0.05, 0.1) is 6.42 Å². The summed E-state index contributed by atoms with van der Waals surface area (Å²) in [6.45, 7) is 0. The van der Waals surface area contributed by atoms with E-state index in [1.54, 1.807) is 0 Å². The molecule has 1 unspecified atom stereocenters. The molecule has 0 rings (SSSR count). The molecule has 108 valence electrons. The van der Waals surface area contributed by atoms with Crippen LogP contribution in [-0.2, 0) is 23.2 Å². The lowest BCUT2D eigenvalue weighted by Crippen LogP contribution is -2.34. The molecule has 12 nitrogen and oxygen atoms in total. The topological polar surface area (TPSA) is 236 Å². The van der Waals surface area contributed by atoms with Crippen molar-refractivity contribution in [3.8, 4) is 0 Å². The van der Waals surface area contributed by atoms with E-state index in [0.717, 1.165) is 0 Å². The maximum atomic E-state index is 10.7. The van der Waals surface area contributed by atoms with Crippen molar-refractivity contribution in [2.75, 3.05) is 0 Å². The quantitative estimate of drug-likeness (QED) is 0.265. The average molecular weight is 309 g/mol. The highest BCUT2D eigenvalue weighted by Gasteiger charge is 2.25. The Morgan fingerprint density at radius 1 is 1.17 bits per heavy atom. The van der Waals surface area contributed by atoms with Gasteiger partial charge in [-0.1, -0.05) is 0 Å². The first kappa shape index (κ1) is 19.5. The van der Waals surface area contributed by atoms with E-state index in [2.05, 4.69) is 15.5 Å². The van der Waals surface area contributed by atoms with Gasteiger partial charge in [0, 0.05) is 0 Å². The van der Waals surface area contributed by atoms with Crippen LogP contribution in [0.4, 0.5) is 0 Å². The first-order valence-corrected chi connectivity index (χ1v) is 7.21. The molecule has 14 heteroatoms. The maximum Gasteiger partial charge on any atom is 0.455 e. The van der Waals surface area contributed by atoms with Crippen LogP contribution in [0.2, 0.25) is 0 Å². The molecule has 0 heterocycles. The van der Waals surface area contributed by atoms with Crippen molar-refractivity contribution in [2.24, 2.45) is 16.7 Å². The Bertz CT molecular complexity index is 377. The number of nitrogens with two attached hydrogens (primary N) is 3. The van der Waals surface area contributed by atoms with Crippen molar-refractivity contribution < 1.29 is 43.0 Å². The van der Waals surface area contributed by atoms with Crippen LogP contribution in [-0.4, -0.2) is 37.8 Å². The zero-order valence-corrected chi connectivity index (χ0v) is 10.5. The molecule has 0 aliphatic carbocycles. The normalized spacial score (nSPS) is 15.7. The van der Waals surface area contributed by atoms with Crippen LogP contribution < -0.4 is 16.7 Å². The first-order valence-electron chi connectivity index (χ1n) is 3.88. The standard InChI is InChI=1S/C4H9N2O6P.H4NO3P/c5-2(1-3(7)8)4(9)12-13(6,10)11;1-5(2,3)4/h2H,1,5H2,(H,7,8)(H3,6,10,11);(H4,1,2,3,4)/t2-;/m1./s1. The Kier molecular flexibility index (Phi) is 8.19. The van der Waals surface area contributed by atoms with Gasteiger partial charge in [-0.15, -0.1) is 0 Å². The lowest BCUT2D eigenvalue weighted by Gasteiger charge is -2.09. The van der Waals surface area contributed by atoms with Crippen molar-refractivity contribution in [3.05, 3.63) is 0 Å². The number of carbonyl (C=O) groups is 2. The van der Waals surface area contributed by atoms with Crippen LogP contribution in [0.3, 0.4) is 0 Å². The molecule has 0 bridgehead atoms. The smallest absolute Gasteiger partial charge is 0.455 e. The van der Waals surface area contributed by atoms with Crippen LogP contribution in [0.1, 0.15) is 6.42 Å². The fourth-order valence-electron chi connectivity index (χ4n) is 0.468.